The van der Waals surface area contributed by atoms with Gasteiger partial charge in [-0.2, -0.15) is 0 Å². The van der Waals surface area contributed by atoms with Crippen LogP contribution < -0.4 is 9.47 Å². The number of pyridine rings is 1. The summed E-state index contributed by atoms with van der Waals surface area (Å²) in [7, 11) is -0.212. The van der Waals surface area contributed by atoms with Crippen molar-refractivity contribution in [3.8, 4) is 28.5 Å². The van der Waals surface area contributed by atoms with Crippen LogP contribution >= 0.6 is 0 Å². The lowest BCUT2D eigenvalue weighted by Crippen LogP contribution is -1.99. The number of halogens is 2. The van der Waals surface area contributed by atoms with Gasteiger partial charge in [-0.1, -0.05) is 0 Å². The SMILES string of the molecule is COc1nccc2c(-c3cc(S(C)(=O)=O)ccc3Oc3ccc(F)cc3F)cn(C)c12. The van der Waals surface area contributed by atoms with Crippen molar-refractivity contribution >= 4 is 20.7 Å². The minimum absolute atomic E-state index is 0.0763. The molecule has 9 heteroatoms. The van der Waals surface area contributed by atoms with Gasteiger partial charge in [0.15, 0.2) is 21.4 Å². The number of methoxy groups -OCH3 is 1. The molecule has 31 heavy (non-hydrogen) atoms. The van der Waals surface area contributed by atoms with Crippen LogP contribution in [0.5, 0.6) is 17.4 Å². The number of hydrogen-bond acceptors (Lipinski definition) is 5. The van der Waals surface area contributed by atoms with Crippen molar-refractivity contribution in [1.29, 1.82) is 0 Å². The van der Waals surface area contributed by atoms with Crippen LogP contribution in [0.2, 0.25) is 0 Å². The maximum Gasteiger partial charge on any atom is 0.238 e. The molecule has 0 N–H and O–H groups in total. The van der Waals surface area contributed by atoms with E-state index in [4.69, 9.17) is 9.47 Å². The molecule has 0 saturated heterocycles. The van der Waals surface area contributed by atoms with Crippen molar-refractivity contribution < 1.29 is 26.7 Å². The Morgan fingerprint density at radius 2 is 1.74 bits per heavy atom. The first kappa shape index (κ1) is 20.8. The van der Waals surface area contributed by atoms with Crippen molar-refractivity contribution in [3.05, 3.63) is 66.5 Å². The Morgan fingerprint density at radius 3 is 2.42 bits per heavy atom. The molecule has 2 heterocycles. The topological polar surface area (TPSA) is 70.4 Å². The number of aryl methyl sites for hydroxylation is 1. The third-order valence-corrected chi connectivity index (χ3v) is 5.94. The number of benzene rings is 2. The summed E-state index contributed by atoms with van der Waals surface area (Å²) in [6, 6.07) is 9.03. The van der Waals surface area contributed by atoms with E-state index in [1.165, 1.54) is 31.4 Å². The average molecular weight is 444 g/mol. The van der Waals surface area contributed by atoms with Gasteiger partial charge in [0.05, 0.1) is 12.0 Å². The normalized spacial score (nSPS) is 11.6. The van der Waals surface area contributed by atoms with E-state index in [1.54, 1.807) is 30.1 Å². The van der Waals surface area contributed by atoms with Crippen LogP contribution in [0.25, 0.3) is 22.0 Å². The van der Waals surface area contributed by atoms with Crippen molar-refractivity contribution in [1.82, 2.24) is 9.55 Å². The maximum atomic E-state index is 14.2. The van der Waals surface area contributed by atoms with Gasteiger partial charge in [-0.3, -0.25) is 0 Å². The zero-order chi connectivity index (χ0) is 22.3. The first-order valence-corrected chi connectivity index (χ1v) is 11.0. The molecule has 4 aromatic rings. The molecular weight excluding hydrogens is 426 g/mol. The van der Waals surface area contributed by atoms with E-state index >= 15 is 0 Å². The molecule has 2 aromatic carbocycles. The zero-order valence-electron chi connectivity index (χ0n) is 16.9. The minimum Gasteiger partial charge on any atom is -0.479 e. The number of ether oxygens (including phenoxy) is 2. The second-order valence-electron chi connectivity index (χ2n) is 6.98. The highest BCUT2D eigenvalue weighted by molar-refractivity contribution is 7.90. The molecule has 0 amide bonds. The number of hydrogen-bond donors (Lipinski definition) is 0. The Labute approximate surface area is 177 Å². The largest absolute Gasteiger partial charge is 0.479 e. The summed E-state index contributed by atoms with van der Waals surface area (Å²) < 4.78 is 64.7. The predicted octanol–water partition coefficient (Wildman–Crippen LogP) is 4.72. The van der Waals surface area contributed by atoms with Crippen LogP contribution in [0, 0.1) is 11.6 Å². The fraction of sp³-hybridized carbons (Fsp3) is 0.136. The molecule has 6 nitrogen and oxygen atoms in total. The highest BCUT2D eigenvalue weighted by Crippen LogP contribution is 2.41. The molecule has 4 rings (SSSR count). The predicted molar refractivity (Wildman–Crippen MR) is 112 cm³/mol. The van der Waals surface area contributed by atoms with Gasteiger partial charge in [-0.25, -0.2) is 22.2 Å². The number of fused-ring (bicyclic) bond motifs is 1. The molecule has 160 valence electrons. The number of aromatic nitrogens is 2. The Bertz CT molecular complexity index is 1410. The highest BCUT2D eigenvalue weighted by Gasteiger charge is 2.20. The lowest BCUT2D eigenvalue weighted by atomic mass is 10.0. The van der Waals surface area contributed by atoms with Gasteiger partial charge >= 0.3 is 0 Å². The molecule has 2 aromatic heterocycles. The molecule has 0 saturated carbocycles. The molecule has 0 atom stereocenters. The van der Waals surface area contributed by atoms with E-state index in [0.29, 0.717) is 28.6 Å². The molecule has 0 radical (unpaired) electrons. The lowest BCUT2D eigenvalue weighted by molar-refractivity contribution is 0.401. The summed E-state index contributed by atoms with van der Waals surface area (Å²) in [5.74, 6) is -1.18. The van der Waals surface area contributed by atoms with Gasteiger partial charge in [0, 0.05) is 48.3 Å². The van der Waals surface area contributed by atoms with E-state index in [1.807, 2.05) is 0 Å². The first-order chi connectivity index (χ1) is 14.7. The quantitative estimate of drug-likeness (QED) is 0.445. The summed E-state index contributed by atoms with van der Waals surface area (Å²) >= 11 is 0. The van der Waals surface area contributed by atoms with Crippen LogP contribution in [0.4, 0.5) is 8.78 Å². The van der Waals surface area contributed by atoms with Gasteiger partial charge in [-0.05, 0) is 36.4 Å². The maximum absolute atomic E-state index is 14.2. The number of rotatable bonds is 5. The molecular formula is C22H18F2N2O4S. The standard InChI is InChI=1S/C22H18F2N2O4S/c1-26-12-17(15-8-9-25-22(29-2)21(15)26)16-11-14(31(3,27)28)5-7-19(16)30-20-6-4-13(23)10-18(20)24/h4-12H,1-3H3. The molecule has 0 bridgehead atoms. The summed E-state index contributed by atoms with van der Waals surface area (Å²) in [5, 5.41) is 0.740. The monoisotopic (exact) mass is 444 g/mol. The van der Waals surface area contributed by atoms with E-state index in [-0.39, 0.29) is 16.4 Å². The fourth-order valence-electron chi connectivity index (χ4n) is 3.40. The van der Waals surface area contributed by atoms with Crippen molar-refractivity contribution in [2.24, 2.45) is 7.05 Å². The zero-order valence-corrected chi connectivity index (χ0v) is 17.7. The Balaban J connectivity index is 1.97. The van der Waals surface area contributed by atoms with Gasteiger partial charge in [0.2, 0.25) is 5.88 Å². The van der Waals surface area contributed by atoms with Crippen molar-refractivity contribution in [3.63, 3.8) is 0 Å². The van der Waals surface area contributed by atoms with E-state index in [2.05, 4.69) is 4.98 Å². The second-order valence-corrected chi connectivity index (χ2v) is 8.99. The minimum atomic E-state index is -3.52. The third kappa shape index (κ3) is 3.84. The lowest BCUT2D eigenvalue weighted by Gasteiger charge is -2.13. The summed E-state index contributed by atoms with van der Waals surface area (Å²) in [6.45, 7) is 0. The Kier molecular flexibility index (Phi) is 5.14. The van der Waals surface area contributed by atoms with E-state index in [9.17, 15) is 17.2 Å². The first-order valence-electron chi connectivity index (χ1n) is 9.14. The van der Waals surface area contributed by atoms with Gasteiger partial charge in [-0.15, -0.1) is 0 Å². The third-order valence-electron chi connectivity index (χ3n) is 4.83. The molecule has 0 unspecified atom stereocenters. The molecule has 0 aliphatic carbocycles. The fourth-order valence-corrected chi connectivity index (χ4v) is 4.05. The van der Waals surface area contributed by atoms with Gasteiger partial charge < -0.3 is 14.0 Å². The van der Waals surface area contributed by atoms with Crippen LogP contribution in [-0.4, -0.2) is 31.3 Å². The van der Waals surface area contributed by atoms with Crippen LogP contribution in [0.15, 0.2) is 59.8 Å². The number of sulfone groups is 1. The Hall–Kier alpha value is -3.46. The van der Waals surface area contributed by atoms with Gasteiger partial charge in [0.25, 0.3) is 0 Å². The van der Waals surface area contributed by atoms with Crippen molar-refractivity contribution in [2.75, 3.05) is 13.4 Å². The summed E-state index contributed by atoms with van der Waals surface area (Å²) in [5.41, 5.74) is 1.76. The van der Waals surface area contributed by atoms with Crippen molar-refractivity contribution in [2.45, 2.75) is 4.90 Å². The van der Waals surface area contributed by atoms with Crippen LogP contribution in [-0.2, 0) is 16.9 Å². The smallest absolute Gasteiger partial charge is 0.238 e. The molecule has 0 fully saturated rings. The highest BCUT2D eigenvalue weighted by atomic mass is 32.2. The van der Waals surface area contributed by atoms with E-state index < -0.39 is 21.5 Å². The second kappa shape index (κ2) is 7.66. The average Bonchev–Trinajstić information content (AvgIpc) is 3.06. The molecule has 0 spiro atoms. The summed E-state index contributed by atoms with van der Waals surface area (Å²) in [4.78, 5) is 4.28. The molecule has 0 aliphatic rings. The van der Waals surface area contributed by atoms with Gasteiger partial charge in [0.1, 0.15) is 17.1 Å². The summed E-state index contributed by atoms with van der Waals surface area (Å²) in [6.07, 6.45) is 4.46. The van der Waals surface area contributed by atoms with Crippen LogP contribution in [0.3, 0.4) is 0 Å². The number of nitrogens with zero attached hydrogens (tertiary/aromatic N) is 2. The molecule has 0 aliphatic heterocycles. The van der Waals surface area contributed by atoms with Crippen LogP contribution in [0.1, 0.15) is 0 Å². The van der Waals surface area contributed by atoms with E-state index in [0.717, 1.165) is 17.7 Å². The Morgan fingerprint density at radius 1 is 1.00 bits per heavy atom.